The van der Waals surface area contributed by atoms with Crippen LogP contribution in [0.5, 0.6) is 5.75 Å². The molecular formula is C27H29BrN2O3. The molecular weight excluding hydrogens is 480 g/mol. The van der Waals surface area contributed by atoms with Crippen molar-refractivity contribution >= 4 is 27.7 Å². The van der Waals surface area contributed by atoms with Crippen molar-refractivity contribution in [3.63, 3.8) is 0 Å². The van der Waals surface area contributed by atoms with E-state index in [1.54, 1.807) is 17.0 Å². The van der Waals surface area contributed by atoms with Gasteiger partial charge >= 0.3 is 0 Å². The van der Waals surface area contributed by atoms with E-state index in [0.29, 0.717) is 25.3 Å². The van der Waals surface area contributed by atoms with Gasteiger partial charge in [0.25, 0.3) is 5.91 Å². The normalized spacial score (nSPS) is 11.5. The van der Waals surface area contributed by atoms with E-state index < -0.39 is 6.04 Å². The van der Waals surface area contributed by atoms with E-state index in [9.17, 15) is 9.59 Å². The number of carbonyl (C=O) groups excluding carboxylic acids is 2. The summed E-state index contributed by atoms with van der Waals surface area (Å²) in [5, 5.41) is 2.98. The van der Waals surface area contributed by atoms with Crippen LogP contribution in [0, 0.1) is 0 Å². The summed E-state index contributed by atoms with van der Waals surface area (Å²) in [7, 11) is 0. The largest absolute Gasteiger partial charge is 0.484 e. The van der Waals surface area contributed by atoms with Crippen molar-refractivity contribution in [1.29, 1.82) is 0 Å². The molecule has 0 aromatic heterocycles. The minimum atomic E-state index is -0.662. The predicted molar refractivity (Wildman–Crippen MR) is 134 cm³/mol. The van der Waals surface area contributed by atoms with Crippen molar-refractivity contribution in [1.82, 2.24) is 10.2 Å². The van der Waals surface area contributed by atoms with Gasteiger partial charge in [0.05, 0.1) is 0 Å². The first-order valence-electron chi connectivity index (χ1n) is 11.1. The van der Waals surface area contributed by atoms with Crippen LogP contribution in [0.1, 0.15) is 24.5 Å². The van der Waals surface area contributed by atoms with Gasteiger partial charge in [0.15, 0.2) is 6.61 Å². The topological polar surface area (TPSA) is 58.6 Å². The molecule has 0 bridgehead atoms. The number of benzene rings is 3. The quantitative estimate of drug-likeness (QED) is 0.396. The van der Waals surface area contributed by atoms with E-state index in [2.05, 4.69) is 21.2 Å². The Morgan fingerprint density at radius 3 is 2.27 bits per heavy atom. The molecule has 33 heavy (non-hydrogen) atoms. The Balaban J connectivity index is 1.88. The third kappa shape index (κ3) is 7.75. The first-order valence-corrected chi connectivity index (χ1v) is 11.9. The van der Waals surface area contributed by atoms with Gasteiger partial charge in [0.2, 0.25) is 5.91 Å². The number of carbonyl (C=O) groups is 2. The molecule has 172 valence electrons. The van der Waals surface area contributed by atoms with Gasteiger partial charge in [-0.1, -0.05) is 83.5 Å². The van der Waals surface area contributed by atoms with Crippen molar-refractivity contribution in [2.24, 2.45) is 0 Å². The highest BCUT2D eigenvalue weighted by Gasteiger charge is 2.30. The molecule has 1 N–H and O–H groups in total. The van der Waals surface area contributed by atoms with Gasteiger partial charge < -0.3 is 15.0 Å². The number of rotatable bonds is 11. The van der Waals surface area contributed by atoms with Gasteiger partial charge in [-0.25, -0.2) is 0 Å². The monoisotopic (exact) mass is 508 g/mol. The number of ether oxygens (including phenoxy) is 1. The summed E-state index contributed by atoms with van der Waals surface area (Å²) < 4.78 is 6.66. The molecule has 3 aromatic rings. The first-order chi connectivity index (χ1) is 16.1. The summed E-state index contributed by atoms with van der Waals surface area (Å²) in [6.07, 6.45) is 1.24. The standard InChI is InChI=1S/C27H29BrN2O3/c1-2-16-29-27(32)25(18-21-10-5-3-6-11-21)30(19-22-12-9-13-23(28)17-22)26(31)20-33-24-14-7-4-8-15-24/h3-15,17,25H,2,16,18-20H2,1H3,(H,29,32)/t25-/m1/s1. The molecule has 0 aliphatic rings. The van der Waals surface area contributed by atoms with Gasteiger partial charge in [0.1, 0.15) is 11.8 Å². The molecule has 0 saturated carbocycles. The SMILES string of the molecule is CCCNC(=O)[C@@H](Cc1ccccc1)N(Cc1cccc(Br)c1)C(=O)COc1ccccc1. The van der Waals surface area contributed by atoms with Crippen LogP contribution in [0.25, 0.3) is 0 Å². The molecule has 0 aliphatic carbocycles. The summed E-state index contributed by atoms with van der Waals surface area (Å²) in [4.78, 5) is 28.3. The maximum Gasteiger partial charge on any atom is 0.261 e. The van der Waals surface area contributed by atoms with Gasteiger partial charge in [0, 0.05) is 24.0 Å². The van der Waals surface area contributed by atoms with Crippen LogP contribution in [0.3, 0.4) is 0 Å². The van der Waals surface area contributed by atoms with E-state index >= 15 is 0 Å². The molecule has 6 heteroatoms. The molecule has 0 fully saturated rings. The Bertz CT molecular complexity index is 1030. The van der Waals surface area contributed by atoms with Gasteiger partial charge in [-0.2, -0.15) is 0 Å². The zero-order valence-electron chi connectivity index (χ0n) is 18.7. The minimum Gasteiger partial charge on any atom is -0.484 e. The van der Waals surface area contributed by atoms with Crippen molar-refractivity contribution in [3.05, 3.63) is 101 Å². The van der Waals surface area contributed by atoms with Crippen LogP contribution < -0.4 is 10.1 Å². The molecule has 0 heterocycles. The molecule has 0 saturated heterocycles. The number of hydrogen-bond acceptors (Lipinski definition) is 3. The van der Waals surface area contributed by atoms with Crippen LogP contribution in [-0.2, 0) is 22.6 Å². The highest BCUT2D eigenvalue weighted by Crippen LogP contribution is 2.18. The Hall–Kier alpha value is -3.12. The Kier molecular flexibility index (Phi) is 9.51. The maximum atomic E-state index is 13.4. The third-order valence-corrected chi connectivity index (χ3v) is 5.66. The second-order valence-electron chi connectivity index (χ2n) is 7.75. The molecule has 5 nitrogen and oxygen atoms in total. The third-order valence-electron chi connectivity index (χ3n) is 5.17. The summed E-state index contributed by atoms with van der Waals surface area (Å²) in [5.74, 6) is 0.207. The maximum absolute atomic E-state index is 13.4. The molecule has 0 radical (unpaired) electrons. The lowest BCUT2D eigenvalue weighted by Gasteiger charge is -2.31. The molecule has 0 unspecified atom stereocenters. The predicted octanol–water partition coefficient (Wildman–Crippen LogP) is 4.99. The van der Waals surface area contributed by atoms with Crippen LogP contribution in [0.2, 0.25) is 0 Å². The Morgan fingerprint density at radius 1 is 0.939 bits per heavy atom. The Morgan fingerprint density at radius 2 is 1.61 bits per heavy atom. The van der Waals surface area contributed by atoms with Crippen molar-refractivity contribution in [3.8, 4) is 5.75 Å². The molecule has 1 atom stereocenters. The number of halogens is 1. The lowest BCUT2D eigenvalue weighted by molar-refractivity contribution is -0.142. The Labute approximate surface area is 203 Å². The van der Waals surface area contributed by atoms with Gasteiger partial charge in [-0.05, 0) is 41.8 Å². The van der Waals surface area contributed by atoms with Crippen LogP contribution in [0.15, 0.2) is 89.4 Å². The number of amides is 2. The smallest absolute Gasteiger partial charge is 0.261 e. The zero-order valence-corrected chi connectivity index (χ0v) is 20.3. The lowest BCUT2D eigenvalue weighted by atomic mass is 10.0. The summed E-state index contributed by atoms with van der Waals surface area (Å²) in [5.41, 5.74) is 1.92. The van der Waals surface area contributed by atoms with Crippen LogP contribution in [-0.4, -0.2) is 35.9 Å². The number of hydrogen-bond donors (Lipinski definition) is 1. The fourth-order valence-electron chi connectivity index (χ4n) is 3.50. The van der Waals surface area contributed by atoms with Crippen molar-refractivity contribution in [2.45, 2.75) is 32.4 Å². The van der Waals surface area contributed by atoms with Crippen molar-refractivity contribution < 1.29 is 14.3 Å². The van der Waals surface area contributed by atoms with Crippen LogP contribution >= 0.6 is 15.9 Å². The summed E-state index contributed by atoms with van der Waals surface area (Å²) >= 11 is 3.50. The van der Waals surface area contributed by atoms with E-state index in [-0.39, 0.29) is 18.4 Å². The average Bonchev–Trinajstić information content (AvgIpc) is 2.84. The molecule has 0 aliphatic heterocycles. The number of nitrogens with zero attached hydrogens (tertiary/aromatic N) is 1. The van der Waals surface area contributed by atoms with E-state index in [0.717, 1.165) is 22.0 Å². The van der Waals surface area contributed by atoms with E-state index in [1.165, 1.54) is 0 Å². The summed E-state index contributed by atoms with van der Waals surface area (Å²) in [6.45, 7) is 2.71. The second-order valence-corrected chi connectivity index (χ2v) is 8.67. The average molecular weight is 509 g/mol. The van der Waals surface area contributed by atoms with Gasteiger partial charge in [-0.3, -0.25) is 9.59 Å². The fraction of sp³-hybridized carbons (Fsp3) is 0.259. The first kappa shape index (κ1) is 24.5. The highest BCUT2D eigenvalue weighted by atomic mass is 79.9. The zero-order chi connectivity index (χ0) is 23.5. The molecule has 0 spiro atoms. The second kappa shape index (κ2) is 12.8. The van der Waals surface area contributed by atoms with E-state index in [4.69, 9.17) is 4.74 Å². The summed E-state index contributed by atoms with van der Waals surface area (Å²) in [6, 6.07) is 26.1. The van der Waals surface area contributed by atoms with E-state index in [1.807, 2.05) is 79.7 Å². The van der Waals surface area contributed by atoms with Crippen LogP contribution in [0.4, 0.5) is 0 Å². The fourth-order valence-corrected chi connectivity index (χ4v) is 3.94. The number of para-hydroxylation sites is 1. The number of nitrogens with one attached hydrogen (secondary N) is 1. The van der Waals surface area contributed by atoms with Gasteiger partial charge in [-0.15, -0.1) is 0 Å². The molecule has 2 amide bonds. The lowest BCUT2D eigenvalue weighted by Crippen LogP contribution is -2.51. The highest BCUT2D eigenvalue weighted by molar-refractivity contribution is 9.10. The minimum absolute atomic E-state index is 0.148. The molecule has 3 aromatic carbocycles. The van der Waals surface area contributed by atoms with Crippen molar-refractivity contribution in [2.75, 3.05) is 13.2 Å². The molecule has 3 rings (SSSR count).